The van der Waals surface area contributed by atoms with Crippen LogP contribution in [0.5, 0.6) is 5.75 Å². The smallest absolute Gasteiger partial charge is 0.248 e. The van der Waals surface area contributed by atoms with Gasteiger partial charge in [0.05, 0.1) is 18.3 Å². The van der Waals surface area contributed by atoms with E-state index in [-0.39, 0.29) is 0 Å². The summed E-state index contributed by atoms with van der Waals surface area (Å²) in [5.41, 5.74) is 6.06. The van der Waals surface area contributed by atoms with Gasteiger partial charge in [0.15, 0.2) is 0 Å². The van der Waals surface area contributed by atoms with Gasteiger partial charge in [0, 0.05) is 27.8 Å². The predicted octanol–water partition coefficient (Wildman–Crippen LogP) is 7.03. The Morgan fingerprint density at radius 1 is 0.909 bits per heavy atom. The number of ether oxygens (including phenoxy) is 1. The van der Waals surface area contributed by atoms with Gasteiger partial charge >= 0.3 is 0 Å². The molecule has 3 aromatic carbocycles. The summed E-state index contributed by atoms with van der Waals surface area (Å²) in [6, 6.07) is 24.1. The van der Waals surface area contributed by atoms with E-state index in [1.807, 2.05) is 55.5 Å². The van der Waals surface area contributed by atoms with Crippen LogP contribution >= 0.6 is 0 Å². The molecule has 5 aromatic rings. The zero-order valence-electron chi connectivity index (χ0n) is 18.5. The molecular weight excluding hydrogens is 410 g/mol. The second-order valence-electron chi connectivity index (χ2n) is 7.55. The summed E-state index contributed by atoms with van der Waals surface area (Å²) < 4.78 is 13.5. The molecule has 0 radical (unpaired) electrons. The predicted molar refractivity (Wildman–Crippen MR) is 133 cm³/mol. The first kappa shape index (κ1) is 20.5. The third kappa shape index (κ3) is 3.64. The van der Waals surface area contributed by atoms with Gasteiger partial charge in [-0.3, -0.25) is 0 Å². The first-order valence-corrected chi connectivity index (χ1v) is 10.7. The molecule has 0 aliphatic heterocycles. The topological polar surface area (TPSA) is 53.1 Å². The molecule has 0 bridgehead atoms. The summed E-state index contributed by atoms with van der Waals surface area (Å²) in [6.45, 7) is 6.06. The van der Waals surface area contributed by atoms with Crippen molar-refractivity contribution in [1.29, 1.82) is 0 Å². The fraction of sp³-hybridized carbons (Fsp3) is 0.0714. The van der Waals surface area contributed by atoms with Crippen molar-refractivity contribution in [2.24, 2.45) is 0 Å². The van der Waals surface area contributed by atoms with Crippen LogP contribution in [0, 0.1) is 0 Å². The van der Waals surface area contributed by atoms with E-state index in [0.29, 0.717) is 11.8 Å². The van der Waals surface area contributed by atoms with E-state index in [4.69, 9.17) is 9.15 Å². The molecule has 33 heavy (non-hydrogen) atoms. The summed E-state index contributed by atoms with van der Waals surface area (Å²) in [4.78, 5) is 0. The van der Waals surface area contributed by atoms with Crippen LogP contribution < -0.4 is 4.74 Å². The molecule has 0 unspecified atom stereocenters. The molecule has 0 atom stereocenters. The molecular formula is C28H23N3O2. The molecule has 2 heterocycles. The van der Waals surface area contributed by atoms with Crippen molar-refractivity contribution in [1.82, 2.24) is 14.8 Å². The molecule has 5 heteroatoms. The lowest BCUT2D eigenvalue weighted by Crippen LogP contribution is -1.97. The third-order valence-corrected chi connectivity index (χ3v) is 5.59. The fourth-order valence-corrected chi connectivity index (χ4v) is 4.07. The molecule has 0 spiro atoms. The van der Waals surface area contributed by atoms with Crippen molar-refractivity contribution in [3.8, 4) is 34.3 Å². The van der Waals surface area contributed by atoms with Gasteiger partial charge in [0.2, 0.25) is 11.8 Å². The van der Waals surface area contributed by atoms with Crippen LogP contribution in [0.15, 0.2) is 89.9 Å². The zero-order valence-corrected chi connectivity index (χ0v) is 18.5. The number of hydrogen-bond acceptors (Lipinski definition) is 4. The average molecular weight is 434 g/mol. The van der Waals surface area contributed by atoms with E-state index in [1.54, 1.807) is 7.11 Å². The number of methoxy groups -OCH3 is 1. The Morgan fingerprint density at radius 2 is 1.67 bits per heavy atom. The second kappa shape index (κ2) is 8.63. The summed E-state index contributed by atoms with van der Waals surface area (Å²) in [7, 11) is 1.63. The minimum atomic E-state index is 0.454. The SMILES string of the molecule is C=Cc1c(/C=C\C)n(-c2ccc(-c3nnc(-c4cccc(OC)c4)o3)cc2)c2ccccc12. The Balaban J connectivity index is 1.54. The number of aromatic nitrogens is 3. The maximum atomic E-state index is 5.95. The summed E-state index contributed by atoms with van der Waals surface area (Å²) in [5, 5.41) is 9.63. The summed E-state index contributed by atoms with van der Waals surface area (Å²) in [6.07, 6.45) is 6.08. The molecule has 5 nitrogen and oxygen atoms in total. The van der Waals surface area contributed by atoms with Crippen molar-refractivity contribution in [2.75, 3.05) is 7.11 Å². The third-order valence-electron chi connectivity index (χ3n) is 5.59. The van der Waals surface area contributed by atoms with E-state index in [2.05, 4.69) is 63.8 Å². The molecule has 0 aliphatic carbocycles. The standard InChI is InChI=1S/C28H23N3O2/c1-4-9-25-23(5-2)24-12-6-7-13-26(24)31(25)21-16-14-19(15-17-21)27-29-30-28(33-27)20-10-8-11-22(18-20)32-3/h4-18H,2H2,1,3H3/b9-4-. The van der Waals surface area contributed by atoms with Crippen molar-refractivity contribution >= 4 is 23.1 Å². The van der Waals surface area contributed by atoms with Gasteiger partial charge < -0.3 is 13.7 Å². The van der Waals surface area contributed by atoms with Crippen LogP contribution in [0.2, 0.25) is 0 Å². The van der Waals surface area contributed by atoms with Crippen LogP contribution in [-0.4, -0.2) is 21.9 Å². The molecule has 2 aromatic heterocycles. The highest BCUT2D eigenvalue weighted by Crippen LogP contribution is 2.32. The highest BCUT2D eigenvalue weighted by atomic mass is 16.5. The van der Waals surface area contributed by atoms with Crippen LogP contribution in [0.1, 0.15) is 18.2 Å². The number of fused-ring (bicyclic) bond motifs is 1. The zero-order chi connectivity index (χ0) is 22.8. The van der Waals surface area contributed by atoms with E-state index in [9.17, 15) is 0 Å². The minimum absolute atomic E-state index is 0.454. The molecule has 0 saturated carbocycles. The lowest BCUT2D eigenvalue weighted by Gasteiger charge is -2.10. The van der Waals surface area contributed by atoms with Crippen molar-refractivity contribution in [3.05, 3.63) is 96.7 Å². The van der Waals surface area contributed by atoms with E-state index >= 15 is 0 Å². The second-order valence-corrected chi connectivity index (χ2v) is 7.55. The molecule has 0 amide bonds. The first-order valence-electron chi connectivity index (χ1n) is 10.7. The normalized spacial score (nSPS) is 11.3. The highest BCUT2D eigenvalue weighted by Gasteiger charge is 2.15. The molecule has 5 rings (SSSR count). The maximum Gasteiger partial charge on any atom is 0.248 e. The number of allylic oxidation sites excluding steroid dienone is 1. The number of hydrogen-bond donors (Lipinski definition) is 0. The number of nitrogens with zero attached hydrogens (tertiary/aromatic N) is 3. The fourth-order valence-electron chi connectivity index (χ4n) is 4.07. The summed E-state index contributed by atoms with van der Waals surface area (Å²) >= 11 is 0. The molecule has 0 N–H and O–H groups in total. The Morgan fingerprint density at radius 3 is 2.39 bits per heavy atom. The van der Waals surface area contributed by atoms with Crippen molar-refractivity contribution in [2.45, 2.75) is 6.92 Å². The van der Waals surface area contributed by atoms with Gasteiger partial charge in [-0.25, -0.2) is 0 Å². The number of benzene rings is 3. The number of para-hydroxylation sites is 1. The lowest BCUT2D eigenvalue weighted by atomic mass is 10.1. The first-order chi connectivity index (χ1) is 16.2. The molecule has 0 saturated heterocycles. The van der Waals surface area contributed by atoms with Gasteiger partial charge in [-0.2, -0.15) is 0 Å². The van der Waals surface area contributed by atoms with E-state index in [1.165, 1.54) is 5.39 Å². The van der Waals surface area contributed by atoms with Crippen LogP contribution in [-0.2, 0) is 0 Å². The van der Waals surface area contributed by atoms with Crippen LogP contribution in [0.25, 0.3) is 51.7 Å². The van der Waals surface area contributed by atoms with Gasteiger partial charge in [0.25, 0.3) is 0 Å². The Bertz CT molecular complexity index is 1470. The van der Waals surface area contributed by atoms with Gasteiger partial charge in [-0.05, 0) is 61.5 Å². The van der Waals surface area contributed by atoms with Crippen molar-refractivity contribution in [3.63, 3.8) is 0 Å². The average Bonchev–Trinajstić information content (AvgIpc) is 3.48. The summed E-state index contributed by atoms with van der Waals surface area (Å²) in [5.74, 6) is 1.67. The Labute approximate surface area is 192 Å². The van der Waals surface area contributed by atoms with E-state index < -0.39 is 0 Å². The van der Waals surface area contributed by atoms with Crippen molar-refractivity contribution < 1.29 is 9.15 Å². The monoisotopic (exact) mass is 433 g/mol. The van der Waals surface area contributed by atoms with E-state index in [0.717, 1.165) is 39.3 Å². The highest BCUT2D eigenvalue weighted by molar-refractivity contribution is 5.95. The number of rotatable bonds is 6. The Hall–Kier alpha value is -4.38. The van der Waals surface area contributed by atoms with Gasteiger partial charge in [-0.1, -0.05) is 43.0 Å². The van der Waals surface area contributed by atoms with Crippen LogP contribution in [0.4, 0.5) is 0 Å². The minimum Gasteiger partial charge on any atom is -0.497 e. The van der Waals surface area contributed by atoms with Gasteiger partial charge in [0.1, 0.15) is 5.75 Å². The van der Waals surface area contributed by atoms with Gasteiger partial charge in [-0.15, -0.1) is 10.2 Å². The van der Waals surface area contributed by atoms with Crippen LogP contribution in [0.3, 0.4) is 0 Å². The largest absolute Gasteiger partial charge is 0.497 e. The molecule has 0 fully saturated rings. The quantitative estimate of drug-likeness (QED) is 0.288. The lowest BCUT2D eigenvalue weighted by molar-refractivity contribution is 0.415. The maximum absolute atomic E-state index is 5.95. The Kier molecular flexibility index (Phi) is 5.37. The molecule has 162 valence electrons. The molecule has 0 aliphatic rings.